The summed E-state index contributed by atoms with van der Waals surface area (Å²) < 4.78 is 6.39. The number of halogens is 1. The van der Waals surface area contributed by atoms with Gasteiger partial charge in [-0.1, -0.05) is 23.4 Å². The molecular formula is C16H10BrN3OS2. The topological polar surface area (TPSA) is 51.8 Å². The molecule has 0 saturated carbocycles. The second-order valence-corrected chi connectivity index (χ2v) is 7.60. The van der Waals surface area contributed by atoms with E-state index in [2.05, 4.69) is 37.1 Å². The monoisotopic (exact) mass is 403 g/mol. The predicted molar refractivity (Wildman–Crippen MR) is 96.6 cm³/mol. The first-order valence-electron chi connectivity index (χ1n) is 6.83. The molecule has 0 bridgehead atoms. The lowest BCUT2D eigenvalue weighted by atomic mass is 10.2. The van der Waals surface area contributed by atoms with Crippen molar-refractivity contribution in [2.45, 2.75) is 10.6 Å². The Morgan fingerprint density at radius 2 is 2.13 bits per heavy atom. The SMILES string of the molecule is Brc1csc(-c2noc(CSc3ccnc4ccccc34)n2)c1. The Hall–Kier alpha value is -1.70. The highest BCUT2D eigenvalue weighted by Crippen LogP contribution is 2.31. The van der Waals surface area contributed by atoms with Crippen LogP contribution in [0.2, 0.25) is 0 Å². The van der Waals surface area contributed by atoms with Gasteiger partial charge in [0.05, 0.1) is 16.1 Å². The van der Waals surface area contributed by atoms with Gasteiger partial charge in [-0.2, -0.15) is 4.98 Å². The number of hydrogen-bond donors (Lipinski definition) is 0. The molecule has 0 spiro atoms. The lowest BCUT2D eigenvalue weighted by Gasteiger charge is -2.03. The molecule has 0 atom stereocenters. The molecule has 0 N–H and O–H groups in total. The molecule has 0 fully saturated rings. The van der Waals surface area contributed by atoms with Gasteiger partial charge in [-0.05, 0) is 34.1 Å². The fraction of sp³-hybridized carbons (Fsp3) is 0.0625. The van der Waals surface area contributed by atoms with E-state index in [-0.39, 0.29) is 0 Å². The predicted octanol–water partition coefficient (Wildman–Crippen LogP) is 5.40. The molecule has 0 amide bonds. The summed E-state index contributed by atoms with van der Waals surface area (Å²) in [6.07, 6.45) is 1.83. The molecule has 0 saturated heterocycles. The van der Waals surface area contributed by atoms with Crippen molar-refractivity contribution >= 4 is 49.9 Å². The molecule has 0 aliphatic carbocycles. The van der Waals surface area contributed by atoms with Gasteiger partial charge in [0.2, 0.25) is 11.7 Å². The maximum Gasteiger partial charge on any atom is 0.237 e. The Balaban J connectivity index is 1.54. The summed E-state index contributed by atoms with van der Waals surface area (Å²) >= 11 is 6.69. The Kier molecular flexibility index (Phi) is 4.15. The van der Waals surface area contributed by atoms with Gasteiger partial charge in [0.15, 0.2) is 0 Å². The van der Waals surface area contributed by atoms with E-state index in [1.54, 1.807) is 23.1 Å². The van der Waals surface area contributed by atoms with E-state index in [4.69, 9.17) is 4.52 Å². The van der Waals surface area contributed by atoms with E-state index in [0.717, 1.165) is 25.1 Å². The molecule has 4 aromatic rings. The molecule has 7 heteroatoms. The highest BCUT2D eigenvalue weighted by molar-refractivity contribution is 9.10. The maximum absolute atomic E-state index is 5.36. The number of thiophene rings is 1. The van der Waals surface area contributed by atoms with Crippen LogP contribution < -0.4 is 0 Å². The minimum atomic E-state index is 0.621. The van der Waals surface area contributed by atoms with Gasteiger partial charge >= 0.3 is 0 Å². The number of thioether (sulfide) groups is 1. The molecular weight excluding hydrogens is 394 g/mol. The van der Waals surface area contributed by atoms with Crippen LogP contribution in [0.25, 0.3) is 21.6 Å². The molecule has 0 aliphatic rings. The van der Waals surface area contributed by atoms with Gasteiger partial charge in [-0.15, -0.1) is 23.1 Å². The van der Waals surface area contributed by atoms with Crippen LogP contribution in [0.1, 0.15) is 5.89 Å². The molecule has 3 heterocycles. The van der Waals surface area contributed by atoms with Crippen LogP contribution in [0.5, 0.6) is 0 Å². The molecule has 0 aliphatic heterocycles. The molecule has 0 unspecified atom stereocenters. The Labute approximate surface area is 149 Å². The Bertz CT molecular complexity index is 961. The summed E-state index contributed by atoms with van der Waals surface area (Å²) in [6, 6.07) is 12.1. The highest BCUT2D eigenvalue weighted by Gasteiger charge is 2.11. The number of benzene rings is 1. The van der Waals surface area contributed by atoms with Crippen molar-refractivity contribution in [1.82, 2.24) is 15.1 Å². The van der Waals surface area contributed by atoms with Gasteiger partial charge < -0.3 is 4.52 Å². The second-order valence-electron chi connectivity index (χ2n) is 4.76. The molecule has 1 aromatic carbocycles. The van der Waals surface area contributed by atoms with Crippen molar-refractivity contribution in [3.05, 3.63) is 58.3 Å². The lowest BCUT2D eigenvalue weighted by molar-refractivity contribution is 0.392. The summed E-state index contributed by atoms with van der Waals surface area (Å²) in [5.74, 6) is 1.89. The summed E-state index contributed by atoms with van der Waals surface area (Å²) in [7, 11) is 0. The number of para-hydroxylation sites is 1. The largest absolute Gasteiger partial charge is 0.338 e. The third-order valence-corrected chi connectivity index (χ3v) is 5.96. The maximum atomic E-state index is 5.36. The molecule has 0 radical (unpaired) electrons. The van der Waals surface area contributed by atoms with Crippen molar-refractivity contribution in [2.24, 2.45) is 0 Å². The smallest absolute Gasteiger partial charge is 0.237 e. The highest BCUT2D eigenvalue weighted by atomic mass is 79.9. The minimum absolute atomic E-state index is 0.621. The first kappa shape index (κ1) is 14.9. The van der Waals surface area contributed by atoms with E-state index in [1.807, 2.05) is 41.9 Å². The number of hydrogen-bond acceptors (Lipinski definition) is 6. The number of pyridine rings is 1. The van der Waals surface area contributed by atoms with E-state index >= 15 is 0 Å². The summed E-state index contributed by atoms with van der Waals surface area (Å²) in [5.41, 5.74) is 0.993. The van der Waals surface area contributed by atoms with Crippen LogP contribution in [0.4, 0.5) is 0 Å². The fourth-order valence-corrected chi connectivity index (χ4v) is 4.41. The van der Waals surface area contributed by atoms with Gasteiger partial charge in [-0.3, -0.25) is 4.98 Å². The van der Waals surface area contributed by atoms with Crippen molar-refractivity contribution in [1.29, 1.82) is 0 Å². The van der Waals surface area contributed by atoms with Crippen LogP contribution in [-0.4, -0.2) is 15.1 Å². The molecule has 4 nitrogen and oxygen atoms in total. The Morgan fingerprint density at radius 1 is 1.22 bits per heavy atom. The quantitative estimate of drug-likeness (QED) is 0.426. The normalized spacial score (nSPS) is 11.2. The number of aromatic nitrogens is 3. The molecule has 114 valence electrons. The zero-order valence-electron chi connectivity index (χ0n) is 11.8. The third-order valence-electron chi connectivity index (χ3n) is 3.22. The van der Waals surface area contributed by atoms with E-state index in [1.165, 1.54) is 0 Å². The molecule has 23 heavy (non-hydrogen) atoms. The summed E-state index contributed by atoms with van der Waals surface area (Å²) in [5, 5.41) is 7.20. The molecule has 4 rings (SSSR count). The van der Waals surface area contributed by atoms with Crippen LogP contribution in [0.3, 0.4) is 0 Å². The fourth-order valence-electron chi connectivity index (χ4n) is 2.18. The second kappa shape index (κ2) is 6.43. The number of fused-ring (bicyclic) bond motifs is 1. The van der Waals surface area contributed by atoms with Crippen LogP contribution in [0, 0.1) is 0 Å². The van der Waals surface area contributed by atoms with E-state index in [0.29, 0.717) is 17.5 Å². The van der Waals surface area contributed by atoms with Crippen molar-refractivity contribution in [2.75, 3.05) is 0 Å². The Morgan fingerprint density at radius 3 is 3.00 bits per heavy atom. The van der Waals surface area contributed by atoms with Gasteiger partial charge in [0, 0.05) is 26.3 Å². The van der Waals surface area contributed by atoms with E-state index < -0.39 is 0 Å². The number of rotatable bonds is 4. The average Bonchev–Trinajstić information content (AvgIpc) is 3.21. The van der Waals surface area contributed by atoms with Crippen LogP contribution in [0.15, 0.2) is 61.9 Å². The first-order valence-corrected chi connectivity index (χ1v) is 9.49. The summed E-state index contributed by atoms with van der Waals surface area (Å²) in [6.45, 7) is 0. The zero-order chi connectivity index (χ0) is 15.6. The third kappa shape index (κ3) is 3.17. The van der Waals surface area contributed by atoms with Gasteiger partial charge in [0.25, 0.3) is 0 Å². The van der Waals surface area contributed by atoms with E-state index in [9.17, 15) is 0 Å². The number of nitrogens with zero attached hydrogens (tertiary/aromatic N) is 3. The van der Waals surface area contributed by atoms with Crippen molar-refractivity contribution in [3.63, 3.8) is 0 Å². The summed E-state index contributed by atoms with van der Waals surface area (Å²) in [4.78, 5) is 11.0. The lowest BCUT2D eigenvalue weighted by Crippen LogP contribution is -1.84. The molecule has 3 aromatic heterocycles. The average molecular weight is 404 g/mol. The van der Waals surface area contributed by atoms with Crippen LogP contribution >= 0.6 is 39.0 Å². The van der Waals surface area contributed by atoms with Crippen molar-refractivity contribution < 1.29 is 4.52 Å². The van der Waals surface area contributed by atoms with Crippen LogP contribution in [-0.2, 0) is 5.75 Å². The van der Waals surface area contributed by atoms with Gasteiger partial charge in [0.1, 0.15) is 0 Å². The van der Waals surface area contributed by atoms with Crippen molar-refractivity contribution in [3.8, 4) is 10.7 Å². The van der Waals surface area contributed by atoms with Gasteiger partial charge in [-0.25, -0.2) is 0 Å². The first-order chi connectivity index (χ1) is 11.3. The minimum Gasteiger partial charge on any atom is -0.338 e. The standard InChI is InChI=1S/C16H10BrN3OS2/c17-10-7-14(22-8-10)16-19-15(21-20-16)9-23-13-5-6-18-12-4-2-1-3-11(12)13/h1-8H,9H2. The zero-order valence-corrected chi connectivity index (χ0v) is 15.0.